The number of hydrogen-bond donors (Lipinski definition) is 1. The van der Waals surface area contributed by atoms with Gasteiger partial charge in [-0.05, 0) is 75.3 Å². The van der Waals surface area contributed by atoms with Crippen molar-refractivity contribution in [2.45, 2.75) is 76.4 Å². The van der Waals surface area contributed by atoms with Crippen LogP contribution in [0.1, 0.15) is 68.9 Å². The molecule has 1 aliphatic carbocycles. The average Bonchev–Trinajstić information content (AvgIpc) is 2.56. The van der Waals surface area contributed by atoms with E-state index in [1.165, 1.54) is 49.7 Å². The Morgan fingerprint density at radius 1 is 1.00 bits per heavy atom. The van der Waals surface area contributed by atoms with Crippen LogP contribution in [0, 0.1) is 5.92 Å². The third-order valence-electron chi connectivity index (χ3n) is 5.61. The second-order valence-corrected chi connectivity index (χ2v) is 7.37. The molecule has 1 aliphatic heterocycles. The van der Waals surface area contributed by atoms with E-state index in [1.54, 1.807) is 0 Å². The molecule has 0 radical (unpaired) electrons. The van der Waals surface area contributed by atoms with Gasteiger partial charge in [0.25, 0.3) is 0 Å². The van der Waals surface area contributed by atoms with Gasteiger partial charge in [0.2, 0.25) is 0 Å². The predicted octanol–water partition coefficient (Wildman–Crippen LogP) is 4.45. The zero-order chi connectivity index (χ0) is 15.4. The zero-order valence-electron chi connectivity index (χ0n) is 13.8. The zero-order valence-corrected chi connectivity index (χ0v) is 13.8. The Labute approximate surface area is 134 Å². The maximum absolute atomic E-state index is 9.57. The fraction of sp³-hybridized carbons (Fsp3) is 0.700. The minimum absolute atomic E-state index is 0.0315. The van der Waals surface area contributed by atoms with E-state index < -0.39 is 0 Å². The highest BCUT2D eigenvalue weighted by Crippen LogP contribution is 2.30. The quantitative estimate of drug-likeness (QED) is 0.890. The van der Waals surface area contributed by atoms with Crippen LogP contribution in [-0.4, -0.2) is 23.9 Å². The number of benzene rings is 1. The molecule has 2 unspecified atom stereocenters. The molecule has 22 heavy (non-hydrogen) atoms. The summed E-state index contributed by atoms with van der Waals surface area (Å²) in [6.07, 6.45) is 9.71. The van der Waals surface area contributed by atoms with E-state index in [0.717, 1.165) is 25.4 Å². The van der Waals surface area contributed by atoms with Crippen molar-refractivity contribution >= 4 is 0 Å². The Morgan fingerprint density at radius 2 is 1.73 bits per heavy atom. The maximum atomic E-state index is 9.57. The van der Waals surface area contributed by atoms with Crippen molar-refractivity contribution in [2.24, 2.45) is 5.92 Å². The number of aliphatic hydroxyl groups excluding tert-OH is 1. The molecule has 122 valence electrons. The molecule has 2 atom stereocenters. The number of ether oxygens (including phenoxy) is 1. The van der Waals surface area contributed by atoms with Crippen molar-refractivity contribution in [3.05, 3.63) is 35.4 Å². The van der Waals surface area contributed by atoms with Gasteiger partial charge in [0.05, 0.1) is 18.8 Å². The van der Waals surface area contributed by atoms with E-state index in [1.807, 2.05) is 0 Å². The smallest absolute Gasteiger partial charge is 0.0547 e. The first-order chi connectivity index (χ1) is 10.7. The molecule has 2 aliphatic rings. The Balaban J connectivity index is 1.47. The molecule has 0 bridgehead atoms. The Morgan fingerprint density at radius 3 is 2.36 bits per heavy atom. The summed E-state index contributed by atoms with van der Waals surface area (Å²) in [5, 5.41) is 9.57. The lowest BCUT2D eigenvalue weighted by Crippen LogP contribution is -2.22. The van der Waals surface area contributed by atoms with Crippen molar-refractivity contribution in [1.82, 2.24) is 0 Å². The molecular weight excluding hydrogens is 272 g/mol. The topological polar surface area (TPSA) is 29.5 Å². The van der Waals surface area contributed by atoms with Gasteiger partial charge in [0.15, 0.2) is 0 Å². The molecule has 1 aromatic carbocycles. The van der Waals surface area contributed by atoms with Gasteiger partial charge >= 0.3 is 0 Å². The highest BCUT2D eigenvalue weighted by molar-refractivity contribution is 5.26. The summed E-state index contributed by atoms with van der Waals surface area (Å²) >= 11 is 0. The number of hydrogen-bond acceptors (Lipinski definition) is 2. The Hall–Kier alpha value is -0.860. The molecule has 1 heterocycles. The van der Waals surface area contributed by atoms with Crippen molar-refractivity contribution in [1.29, 1.82) is 0 Å². The summed E-state index contributed by atoms with van der Waals surface area (Å²) in [7, 11) is 0. The fourth-order valence-corrected chi connectivity index (χ4v) is 3.91. The molecule has 0 amide bonds. The van der Waals surface area contributed by atoms with Crippen LogP contribution in [0.5, 0.6) is 0 Å². The monoisotopic (exact) mass is 302 g/mol. The van der Waals surface area contributed by atoms with Gasteiger partial charge in [-0.2, -0.15) is 0 Å². The van der Waals surface area contributed by atoms with Gasteiger partial charge < -0.3 is 9.84 Å². The summed E-state index contributed by atoms with van der Waals surface area (Å²) in [5.41, 5.74) is 2.90. The van der Waals surface area contributed by atoms with E-state index in [-0.39, 0.29) is 6.10 Å². The standard InChI is InChI=1S/C20H30O2/c1-15-2-9-19(14-22-15)18-10-5-16(6-11-18)3-4-17-7-12-20(21)13-8-17/h5-6,10-11,15,17,19-21H,2-4,7-9,12-14H2,1H3. The third kappa shape index (κ3) is 4.33. The minimum Gasteiger partial charge on any atom is -0.393 e. The molecular formula is C20H30O2. The highest BCUT2D eigenvalue weighted by atomic mass is 16.5. The lowest BCUT2D eigenvalue weighted by molar-refractivity contribution is 0.0155. The first kappa shape index (κ1) is 16.0. The normalized spacial score (nSPS) is 32.8. The van der Waals surface area contributed by atoms with Crippen molar-refractivity contribution in [3.63, 3.8) is 0 Å². The second kappa shape index (κ2) is 7.61. The van der Waals surface area contributed by atoms with Crippen molar-refractivity contribution in [3.8, 4) is 0 Å². The first-order valence-electron chi connectivity index (χ1n) is 9.09. The molecule has 1 saturated carbocycles. The summed E-state index contributed by atoms with van der Waals surface area (Å²) < 4.78 is 5.79. The average molecular weight is 302 g/mol. The van der Waals surface area contributed by atoms with Crippen molar-refractivity contribution < 1.29 is 9.84 Å². The summed E-state index contributed by atoms with van der Waals surface area (Å²) in [5.74, 6) is 1.40. The maximum Gasteiger partial charge on any atom is 0.0547 e. The number of aliphatic hydroxyl groups is 1. The van der Waals surface area contributed by atoms with E-state index >= 15 is 0 Å². The molecule has 2 nitrogen and oxygen atoms in total. The third-order valence-corrected chi connectivity index (χ3v) is 5.61. The van der Waals surface area contributed by atoms with Crippen LogP contribution in [0.2, 0.25) is 0 Å². The van der Waals surface area contributed by atoms with Crippen LogP contribution in [0.4, 0.5) is 0 Å². The lowest BCUT2D eigenvalue weighted by atomic mass is 9.83. The van der Waals surface area contributed by atoms with Gasteiger partial charge in [0.1, 0.15) is 0 Å². The molecule has 1 N–H and O–H groups in total. The summed E-state index contributed by atoms with van der Waals surface area (Å²) in [4.78, 5) is 0. The van der Waals surface area contributed by atoms with E-state index in [9.17, 15) is 5.11 Å². The van der Waals surface area contributed by atoms with Crippen LogP contribution >= 0.6 is 0 Å². The SMILES string of the molecule is CC1CCC(c2ccc(CCC3CCC(O)CC3)cc2)CO1. The minimum atomic E-state index is -0.0315. The lowest BCUT2D eigenvalue weighted by Gasteiger charge is -2.27. The van der Waals surface area contributed by atoms with Crippen LogP contribution < -0.4 is 0 Å². The van der Waals surface area contributed by atoms with E-state index in [0.29, 0.717) is 12.0 Å². The predicted molar refractivity (Wildman–Crippen MR) is 90.1 cm³/mol. The number of rotatable bonds is 4. The Kier molecular flexibility index (Phi) is 5.54. The molecule has 0 aromatic heterocycles. The molecule has 1 aromatic rings. The number of aryl methyl sites for hydroxylation is 1. The molecule has 1 saturated heterocycles. The highest BCUT2D eigenvalue weighted by Gasteiger charge is 2.21. The first-order valence-corrected chi connectivity index (χ1v) is 9.09. The molecule has 2 heteroatoms. The van der Waals surface area contributed by atoms with Crippen LogP contribution in [0.15, 0.2) is 24.3 Å². The second-order valence-electron chi connectivity index (χ2n) is 7.37. The molecule has 0 spiro atoms. The van der Waals surface area contributed by atoms with Gasteiger partial charge in [-0.3, -0.25) is 0 Å². The van der Waals surface area contributed by atoms with E-state index in [2.05, 4.69) is 31.2 Å². The Bertz CT molecular complexity index is 437. The van der Waals surface area contributed by atoms with Crippen LogP contribution in [0.25, 0.3) is 0 Å². The largest absolute Gasteiger partial charge is 0.393 e. The van der Waals surface area contributed by atoms with Gasteiger partial charge in [-0.1, -0.05) is 24.3 Å². The van der Waals surface area contributed by atoms with Crippen LogP contribution in [0.3, 0.4) is 0 Å². The van der Waals surface area contributed by atoms with Crippen LogP contribution in [-0.2, 0) is 11.2 Å². The van der Waals surface area contributed by atoms with Gasteiger partial charge in [-0.25, -0.2) is 0 Å². The van der Waals surface area contributed by atoms with Gasteiger partial charge in [0, 0.05) is 5.92 Å². The fourth-order valence-electron chi connectivity index (χ4n) is 3.91. The molecule has 2 fully saturated rings. The summed E-state index contributed by atoms with van der Waals surface area (Å²) in [6.45, 7) is 3.05. The van der Waals surface area contributed by atoms with Gasteiger partial charge in [-0.15, -0.1) is 0 Å². The van der Waals surface area contributed by atoms with E-state index in [4.69, 9.17) is 4.74 Å². The van der Waals surface area contributed by atoms with Crippen molar-refractivity contribution in [2.75, 3.05) is 6.61 Å². The molecule has 3 rings (SSSR count). The summed E-state index contributed by atoms with van der Waals surface area (Å²) in [6, 6.07) is 9.24.